The molecule has 1 aromatic rings. The Morgan fingerprint density at radius 2 is 2.00 bits per heavy atom. The lowest BCUT2D eigenvalue weighted by atomic mass is 10.0. The first-order valence-electron chi connectivity index (χ1n) is 7.07. The van der Waals surface area contributed by atoms with Crippen LogP contribution in [0.1, 0.15) is 35.3 Å². The van der Waals surface area contributed by atoms with Crippen LogP contribution < -0.4 is 10.6 Å². The van der Waals surface area contributed by atoms with E-state index in [1.165, 1.54) is 11.0 Å². The summed E-state index contributed by atoms with van der Waals surface area (Å²) in [5.41, 5.74) is 6.13. The van der Waals surface area contributed by atoms with Crippen LogP contribution in [0.25, 0.3) is 0 Å². The minimum Gasteiger partial charge on any atom is -0.364 e. The van der Waals surface area contributed by atoms with Gasteiger partial charge in [-0.15, -0.1) is 0 Å². The highest BCUT2D eigenvalue weighted by Crippen LogP contribution is 2.46. The van der Waals surface area contributed by atoms with Crippen LogP contribution in [0.5, 0.6) is 0 Å². The Kier molecular flexibility index (Phi) is 3.24. The number of hydrogen-bond donors (Lipinski definition) is 1. The highest BCUT2D eigenvalue weighted by atomic mass is 32.2. The van der Waals surface area contributed by atoms with Crippen LogP contribution in [0.3, 0.4) is 0 Å². The zero-order valence-electron chi connectivity index (χ0n) is 12.2. The normalized spacial score (nSPS) is 19.4. The number of primary amides is 1. The molecule has 2 heterocycles. The Morgan fingerprint density at radius 3 is 2.55 bits per heavy atom. The molecule has 0 saturated heterocycles. The molecule has 1 saturated carbocycles. The average molecular weight is 323 g/mol. The van der Waals surface area contributed by atoms with Crippen LogP contribution >= 0.6 is 0 Å². The van der Waals surface area contributed by atoms with E-state index in [0.717, 1.165) is 24.7 Å². The molecule has 1 aliphatic heterocycles. The highest BCUT2D eigenvalue weighted by molar-refractivity contribution is 7.93. The number of aryl methyl sites for hydroxylation is 1. The number of amides is 2. The first kappa shape index (κ1) is 15.0. The molecule has 0 radical (unpaired) electrons. The predicted molar refractivity (Wildman–Crippen MR) is 80.2 cm³/mol. The van der Waals surface area contributed by atoms with E-state index >= 15 is 0 Å². The molecule has 7 nitrogen and oxygen atoms in total. The molecule has 2 aliphatic rings. The summed E-state index contributed by atoms with van der Waals surface area (Å²) in [7, 11) is -3.48. The van der Waals surface area contributed by atoms with Crippen LogP contribution in [0, 0.1) is 0 Å². The number of nitrogens with zero attached hydrogens (tertiary/aromatic N) is 2. The molecular weight excluding hydrogens is 306 g/mol. The van der Waals surface area contributed by atoms with Crippen LogP contribution in [0.2, 0.25) is 0 Å². The minimum absolute atomic E-state index is 0.0719. The van der Waals surface area contributed by atoms with Gasteiger partial charge in [0.1, 0.15) is 11.5 Å². The van der Waals surface area contributed by atoms with Crippen molar-refractivity contribution in [3.63, 3.8) is 0 Å². The molecule has 8 heteroatoms. The van der Waals surface area contributed by atoms with E-state index in [2.05, 4.69) is 4.98 Å². The van der Waals surface area contributed by atoms with Crippen LogP contribution in [-0.2, 0) is 21.1 Å². The Hall–Kier alpha value is -1.96. The summed E-state index contributed by atoms with van der Waals surface area (Å²) in [4.78, 5) is 29.6. The van der Waals surface area contributed by atoms with Crippen molar-refractivity contribution in [3.05, 3.63) is 23.4 Å². The van der Waals surface area contributed by atoms with E-state index < -0.39 is 26.4 Å². The van der Waals surface area contributed by atoms with E-state index in [-0.39, 0.29) is 5.69 Å². The first-order valence-corrected chi connectivity index (χ1v) is 8.97. The van der Waals surface area contributed by atoms with E-state index in [4.69, 9.17) is 5.73 Å². The Labute approximate surface area is 128 Å². The van der Waals surface area contributed by atoms with Gasteiger partial charge in [-0.25, -0.2) is 13.4 Å². The quantitative estimate of drug-likeness (QED) is 0.844. The third kappa shape index (κ3) is 2.18. The summed E-state index contributed by atoms with van der Waals surface area (Å²) in [5.74, 6) is -0.752. The molecule has 22 heavy (non-hydrogen) atoms. The Bertz CT molecular complexity index is 768. The van der Waals surface area contributed by atoms with Crippen LogP contribution in [-0.4, -0.2) is 42.8 Å². The van der Waals surface area contributed by atoms with Gasteiger partial charge in [0.25, 0.3) is 5.91 Å². The van der Waals surface area contributed by atoms with Gasteiger partial charge in [0.15, 0.2) is 14.6 Å². The molecule has 1 fully saturated rings. The number of pyridine rings is 1. The van der Waals surface area contributed by atoms with Gasteiger partial charge in [0.05, 0.1) is 0 Å². The smallest absolute Gasteiger partial charge is 0.267 e. The van der Waals surface area contributed by atoms with E-state index in [9.17, 15) is 18.0 Å². The van der Waals surface area contributed by atoms with Crippen molar-refractivity contribution < 1.29 is 18.0 Å². The van der Waals surface area contributed by atoms with E-state index in [0.29, 0.717) is 25.2 Å². The van der Waals surface area contributed by atoms with Gasteiger partial charge in [0, 0.05) is 12.8 Å². The SMILES string of the molecule is CS(=O)(=O)C1(C(=O)N2CCCc3ccc(C(N)=O)nc32)CC1. The van der Waals surface area contributed by atoms with Crippen LogP contribution in [0.15, 0.2) is 12.1 Å². The fourth-order valence-corrected chi connectivity index (χ4v) is 4.15. The lowest BCUT2D eigenvalue weighted by Crippen LogP contribution is -2.47. The van der Waals surface area contributed by atoms with Gasteiger partial charge in [-0.2, -0.15) is 0 Å². The van der Waals surface area contributed by atoms with Crippen molar-refractivity contribution in [2.45, 2.75) is 30.4 Å². The fraction of sp³-hybridized carbons (Fsp3) is 0.500. The molecule has 1 aliphatic carbocycles. The number of sulfone groups is 1. The number of aromatic nitrogens is 1. The van der Waals surface area contributed by atoms with Crippen LogP contribution in [0.4, 0.5) is 5.82 Å². The van der Waals surface area contributed by atoms with Gasteiger partial charge in [-0.1, -0.05) is 6.07 Å². The summed E-state index contributed by atoms with van der Waals surface area (Å²) in [6.07, 6.45) is 3.24. The summed E-state index contributed by atoms with van der Waals surface area (Å²) in [6, 6.07) is 3.25. The number of carbonyl (C=O) groups is 2. The van der Waals surface area contributed by atoms with Crippen molar-refractivity contribution in [2.24, 2.45) is 5.73 Å². The summed E-state index contributed by atoms with van der Waals surface area (Å²) >= 11 is 0. The highest BCUT2D eigenvalue weighted by Gasteiger charge is 2.60. The standard InChI is InChI=1S/C14H17N3O4S/c1-22(20,21)14(6-7-14)13(19)17-8-2-3-9-4-5-10(11(15)18)16-12(9)17/h4-5H,2-3,6-8H2,1H3,(H2,15,18). The zero-order valence-corrected chi connectivity index (χ0v) is 13.0. The second-order valence-electron chi connectivity index (χ2n) is 5.87. The monoisotopic (exact) mass is 323 g/mol. The molecule has 0 unspecified atom stereocenters. The molecular formula is C14H17N3O4S. The number of rotatable bonds is 3. The molecule has 1 aromatic heterocycles. The molecule has 0 atom stereocenters. The van der Waals surface area contributed by atoms with Gasteiger partial charge in [-0.05, 0) is 37.3 Å². The number of carbonyl (C=O) groups excluding carboxylic acids is 2. The van der Waals surface area contributed by atoms with Gasteiger partial charge in [-0.3, -0.25) is 14.5 Å². The minimum atomic E-state index is -3.48. The Balaban J connectivity index is 2.03. The van der Waals surface area contributed by atoms with Crippen molar-refractivity contribution >= 4 is 27.5 Å². The first-order chi connectivity index (χ1) is 10.3. The number of anilines is 1. The van der Waals surface area contributed by atoms with Gasteiger partial charge >= 0.3 is 0 Å². The van der Waals surface area contributed by atoms with E-state index in [1.807, 2.05) is 0 Å². The summed E-state index contributed by atoms with van der Waals surface area (Å²) in [6.45, 7) is 0.401. The molecule has 118 valence electrons. The maximum atomic E-state index is 12.8. The van der Waals surface area contributed by atoms with Crippen molar-refractivity contribution in [2.75, 3.05) is 17.7 Å². The van der Waals surface area contributed by atoms with Crippen molar-refractivity contribution in [1.29, 1.82) is 0 Å². The number of fused-ring (bicyclic) bond motifs is 1. The average Bonchev–Trinajstić information content (AvgIpc) is 3.26. The summed E-state index contributed by atoms with van der Waals surface area (Å²) in [5, 5.41) is 0. The maximum absolute atomic E-state index is 12.8. The second-order valence-corrected chi connectivity index (χ2v) is 8.20. The molecule has 3 rings (SSSR count). The molecule has 0 aromatic carbocycles. The second kappa shape index (κ2) is 4.77. The number of hydrogen-bond acceptors (Lipinski definition) is 5. The third-order valence-corrected chi connectivity index (χ3v) is 6.34. The molecule has 0 bridgehead atoms. The number of nitrogens with two attached hydrogens (primary N) is 1. The third-order valence-electron chi connectivity index (χ3n) is 4.34. The van der Waals surface area contributed by atoms with E-state index in [1.54, 1.807) is 6.07 Å². The maximum Gasteiger partial charge on any atom is 0.267 e. The lowest BCUT2D eigenvalue weighted by Gasteiger charge is -2.31. The van der Waals surface area contributed by atoms with Crippen molar-refractivity contribution in [3.8, 4) is 0 Å². The van der Waals surface area contributed by atoms with Crippen molar-refractivity contribution in [1.82, 2.24) is 4.98 Å². The largest absolute Gasteiger partial charge is 0.364 e. The lowest BCUT2D eigenvalue weighted by molar-refractivity contribution is -0.119. The Morgan fingerprint density at radius 1 is 1.32 bits per heavy atom. The molecule has 2 N–H and O–H groups in total. The van der Waals surface area contributed by atoms with Gasteiger partial charge in [0.2, 0.25) is 5.91 Å². The molecule has 2 amide bonds. The predicted octanol–water partition coefficient (Wildman–Crippen LogP) is 0.0369. The topological polar surface area (TPSA) is 110 Å². The molecule has 0 spiro atoms. The van der Waals surface area contributed by atoms with Gasteiger partial charge < -0.3 is 5.73 Å². The summed E-state index contributed by atoms with van der Waals surface area (Å²) < 4.78 is 22.6. The fourth-order valence-electron chi connectivity index (χ4n) is 2.88. The zero-order chi connectivity index (χ0) is 16.1.